The molecule has 1 heterocycles. The number of hydrogen-bond acceptors (Lipinski definition) is 4. The second kappa shape index (κ2) is 7.89. The van der Waals surface area contributed by atoms with Crippen LogP contribution in [0.3, 0.4) is 0 Å². The second-order valence-electron chi connectivity index (χ2n) is 5.00. The van der Waals surface area contributed by atoms with Gasteiger partial charge in [-0.05, 0) is 5.92 Å². The van der Waals surface area contributed by atoms with Crippen LogP contribution < -0.4 is 5.32 Å². The Labute approximate surface area is 123 Å². The molecule has 0 aromatic carbocycles. The minimum atomic E-state index is -1.01. The van der Waals surface area contributed by atoms with Crippen molar-refractivity contribution in [3.63, 3.8) is 0 Å². The number of hydrogen-bond donors (Lipinski definition) is 2. The van der Waals surface area contributed by atoms with Gasteiger partial charge in [-0.15, -0.1) is 0 Å². The summed E-state index contributed by atoms with van der Waals surface area (Å²) < 4.78 is 1.22. The van der Waals surface area contributed by atoms with E-state index in [9.17, 15) is 9.59 Å². The zero-order valence-electron chi connectivity index (χ0n) is 12.1. The number of carboxylic acid groups (broad SMARTS) is 1. The van der Waals surface area contributed by atoms with Crippen LogP contribution in [0.1, 0.15) is 20.3 Å². The Morgan fingerprint density at radius 3 is 2.86 bits per heavy atom. The summed E-state index contributed by atoms with van der Waals surface area (Å²) in [7, 11) is 0. The van der Waals surface area contributed by atoms with Gasteiger partial charge in [0.15, 0.2) is 0 Å². The van der Waals surface area contributed by atoms with E-state index in [-0.39, 0.29) is 24.9 Å². The lowest BCUT2D eigenvalue weighted by molar-refractivity contribution is -0.137. The maximum Gasteiger partial charge on any atom is 0.325 e. The van der Waals surface area contributed by atoms with E-state index in [1.54, 1.807) is 4.90 Å². The van der Waals surface area contributed by atoms with E-state index in [1.807, 2.05) is 19.9 Å². The minimum absolute atomic E-state index is 0.262. The van der Waals surface area contributed by atoms with Crippen LogP contribution in [-0.2, 0) is 11.3 Å². The van der Waals surface area contributed by atoms with Crippen molar-refractivity contribution in [1.29, 1.82) is 5.26 Å². The van der Waals surface area contributed by atoms with Gasteiger partial charge < -0.3 is 15.3 Å². The number of nitrogens with zero attached hydrogens (tertiary/aromatic N) is 4. The van der Waals surface area contributed by atoms with Crippen LogP contribution in [0.4, 0.5) is 10.5 Å². The Morgan fingerprint density at radius 2 is 2.29 bits per heavy atom. The van der Waals surface area contributed by atoms with Crippen LogP contribution >= 0.6 is 0 Å². The van der Waals surface area contributed by atoms with Gasteiger partial charge in [-0.1, -0.05) is 13.8 Å². The monoisotopic (exact) mass is 293 g/mol. The average Bonchev–Trinajstić information content (AvgIpc) is 2.80. The highest BCUT2D eigenvalue weighted by molar-refractivity contribution is 5.89. The molecule has 0 saturated heterocycles. The van der Waals surface area contributed by atoms with Crippen molar-refractivity contribution in [2.45, 2.75) is 26.8 Å². The SMILES string of the molecule is CC(C)CN(CCC#N)C(=O)Nc1cnn(CC(=O)O)c1. The molecule has 0 bridgehead atoms. The largest absolute Gasteiger partial charge is 0.480 e. The van der Waals surface area contributed by atoms with Crippen molar-refractivity contribution in [3.05, 3.63) is 12.4 Å². The van der Waals surface area contributed by atoms with E-state index in [1.165, 1.54) is 17.1 Å². The molecular formula is C13H19N5O3. The van der Waals surface area contributed by atoms with E-state index in [2.05, 4.69) is 10.4 Å². The molecule has 0 aliphatic rings. The quantitative estimate of drug-likeness (QED) is 0.788. The van der Waals surface area contributed by atoms with Crippen LogP contribution in [0.2, 0.25) is 0 Å². The number of amides is 2. The molecule has 1 aromatic heterocycles. The van der Waals surface area contributed by atoms with Gasteiger partial charge in [0.25, 0.3) is 0 Å². The van der Waals surface area contributed by atoms with Crippen molar-refractivity contribution >= 4 is 17.7 Å². The molecule has 1 rings (SSSR count). The molecule has 0 aliphatic carbocycles. The number of nitrogens with one attached hydrogen (secondary N) is 1. The van der Waals surface area contributed by atoms with Gasteiger partial charge in [0.1, 0.15) is 6.54 Å². The summed E-state index contributed by atoms with van der Waals surface area (Å²) in [6.07, 6.45) is 3.10. The summed E-state index contributed by atoms with van der Waals surface area (Å²) in [6.45, 7) is 4.59. The first-order valence-corrected chi connectivity index (χ1v) is 6.59. The number of aromatic nitrogens is 2. The molecule has 8 heteroatoms. The molecule has 0 fully saturated rings. The summed E-state index contributed by atoms with van der Waals surface area (Å²) in [4.78, 5) is 24.3. The average molecular weight is 293 g/mol. The van der Waals surface area contributed by atoms with Gasteiger partial charge in [-0.3, -0.25) is 9.48 Å². The third kappa shape index (κ3) is 5.95. The third-order valence-corrected chi connectivity index (χ3v) is 2.55. The van der Waals surface area contributed by atoms with Crippen molar-refractivity contribution in [2.24, 2.45) is 5.92 Å². The predicted molar refractivity (Wildman–Crippen MR) is 75.5 cm³/mol. The fraction of sp³-hybridized carbons (Fsp3) is 0.538. The Kier molecular flexibility index (Phi) is 6.20. The third-order valence-electron chi connectivity index (χ3n) is 2.55. The first kappa shape index (κ1) is 16.5. The Hall–Kier alpha value is -2.56. The van der Waals surface area contributed by atoms with Crippen molar-refractivity contribution in [3.8, 4) is 6.07 Å². The van der Waals surface area contributed by atoms with E-state index in [0.717, 1.165) is 0 Å². The molecule has 0 unspecified atom stereocenters. The molecule has 0 radical (unpaired) electrons. The van der Waals surface area contributed by atoms with E-state index in [4.69, 9.17) is 10.4 Å². The van der Waals surface area contributed by atoms with Crippen LogP contribution in [0.25, 0.3) is 0 Å². The highest BCUT2D eigenvalue weighted by Gasteiger charge is 2.15. The van der Waals surface area contributed by atoms with Gasteiger partial charge in [-0.25, -0.2) is 4.79 Å². The Balaban J connectivity index is 2.65. The summed E-state index contributed by atoms with van der Waals surface area (Å²) in [6, 6.07) is 1.69. The minimum Gasteiger partial charge on any atom is -0.480 e. The standard InChI is InChI=1S/C13H19N5O3/c1-10(2)7-17(5-3-4-14)13(21)16-11-6-15-18(8-11)9-12(19)20/h6,8,10H,3,5,7,9H2,1-2H3,(H,16,21)(H,19,20). The lowest BCUT2D eigenvalue weighted by Gasteiger charge is -2.23. The van der Waals surface area contributed by atoms with Crippen LogP contribution in [0.15, 0.2) is 12.4 Å². The maximum atomic E-state index is 12.1. The molecule has 0 aliphatic heterocycles. The van der Waals surface area contributed by atoms with Gasteiger partial charge in [0, 0.05) is 19.3 Å². The number of nitriles is 1. The van der Waals surface area contributed by atoms with Gasteiger partial charge in [-0.2, -0.15) is 10.4 Å². The molecule has 8 nitrogen and oxygen atoms in total. The summed E-state index contributed by atoms with van der Waals surface area (Å²) in [5.74, 6) is -0.726. The number of carbonyl (C=O) groups excluding carboxylic acids is 1. The predicted octanol–water partition coefficient (Wildman–Crippen LogP) is 1.37. The molecule has 1 aromatic rings. The van der Waals surface area contributed by atoms with Crippen LogP contribution in [0.5, 0.6) is 0 Å². The molecule has 0 spiro atoms. The zero-order valence-corrected chi connectivity index (χ0v) is 12.1. The van der Waals surface area contributed by atoms with Gasteiger partial charge >= 0.3 is 12.0 Å². The van der Waals surface area contributed by atoms with E-state index >= 15 is 0 Å². The normalized spacial score (nSPS) is 10.2. The van der Waals surface area contributed by atoms with Gasteiger partial charge in [0.2, 0.25) is 0 Å². The highest BCUT2D eigenvalue weighted by atomic mass is 16.4. The number of rotatable bonds is 7. The number of carbonyl (C=O) groups is 2. The van der Waals surface area contributed by atoms with Gasteiger partial charge in [0.05, 0.1) is 24.4 Å². The molecule has 114 valence electrons. The first-order chi connectivity index (χ1) is 9.92. The Bertz CT molecular complexity index is 532. The highest BCUT2D eigenvalue weighted by Crippen LogP contribution is 2.08. The molecule has 0 atom stereocenters. The smallest absolute Gasteiger partial charge is 0.325 e. The summed E-state index contributed by atoms with van der Waals surface area (Å²) in [5.41, 5.74) is 0.423. The van der Waals surface area contributed by atoms with E-state index in [0.29, 0.717) is 18.8 Å². The van der Waals surface area contributed by atoms with Crippen molar-refractivity contribution < 1.29 is 14.7 Å². The molecule has 0 saturated carbocycles. The van der Waals surface area contributed by atoms with Crippen LogP contribution in [0, 0.1) is 17.2 Å². The van der Waals surface area contributed by atoms with Crippen molar-refractivity contribution in [2.75, 3.05) is 18.4 Å². The summed E-state index contributed by atoms with van der Waals surface area (Å²) >= 11 is 0. The lowest BCUT2D eigenvalue weighted by Crippen LogP contribution is -2.38. The molecule has 2 N–H and O–H groups in total. The van der Waals surface area contributed by atoms with Crippen molar-refractivity contribution in [1.82, 2.24) is 14.7 Å². The van der Waals surface area contributed by atoms with Crippen LogP contribution in [-0.4, -0.2) is 44.9 Å². The maximum absolute atomic E-state index is 12.1. The molecule has 21 heavy (non-hydrogen) atoms. The molecule has 2 amide bonds. The topological polar surface area (TPSA) is 111 Å². The lowest BCUT2D eigenvalue weighted by atomic mass is 10.2. The first-order valence-electron chi connectivity index (χ1n) is 6.59. The summed E-state index contributed by atoms with van der Waals surface area (Å²) in [5, 5.41) is 23.8. The fourth-order valence-corrected chi connectivity index (χ4v) is 1.76. The number of urea groups is 1. The molecular weight excluding hydrogens is 274 g/mol. The number of anilines is 1. The number of carboxylic acids is 1. The Morgan fingerprint density at radius 1 is 1.57 bits per heavy atom. The zero-order chi connectivity index (χ0) is 15.8. The second-order valence-corrected chi connectivity index (χ2v) is 5.00. The van der Waals surface area contributed by atoms with E-state index < -0.39 is 5.97 Å². The fourth-order valence-electron chi connectivity index (χ4n) is 1.76. The number of aliphatic carboxylic acids is 1.